The molecule has 0 amide bonds. The van der Waals surface area contributed by atoms with Crippen LogP contribution in [0.15, 0.2) is 53.0 Å². The van der Waals surface area contributed by atoms with E-state index in [9.17, 15) is 5.11 Å². The summed E-state index contributed by atoms with van der Waals surface area (Å²) in [6, 6.07) is 3.93. The molecule has 178 valence electrons. The van der Waals surface area contributed by atoms with Crippen molar-refractivity contribution in [1.82, 2.24) is 9.97 Å². The second-order valence-electron chi connectivity index (χ2n) is 8.86. The molecule has 3 rings (SSSR count). The van der Waals surface area contributed by atoms with Crippen LogP contribution in [0.4, 0.5) is 0 Å². The van der Waals surface area contributed by atoms with Gasteiger partial charge < -0.3 is 19.8 Å². The normalized spacial score (nSPS) is 14.6. The first-order valence-corrected chi connectivity index (χ1v) is 12.3. The summed E-state index contributed by atoms with van der Waals surface area (Å²) in [5.74, 6) is 0.866. The number of H-pyrrole nitrogens is 2. The fourth-order valence-electron chi connectivity index (χ4n) is 4.26. The number of nitrogens with one attached hydrogen (secondary N) is 2. The molecule has 5 nitrogen and oxygen atoms in total. The van der Waals surface area contributed by atoms with Crippen molar-refractivity contribution in [3.63, 3.8) is 0 Å². The molecule has 33 heavy (non-hydrogen) atoms. The standard InChI is InChI=1S/C28H39N3O2/c1-5-6-7-8-9-10-16-33-20(2)13-14-24-21(3)26(30-22(24)4)18-27-23(19-32)17-28(31-27)25-12-11-15-29-25/h11-12,15,17-18,29-30,32H,2,5-10,13-14,16,19H2,1,3-4H3/b27-18-. The van der Waals surface area contributed by atoms with Crippen molar-refractivity contribution in [2.75, 3.05) is 13.2 Å². The lowest BCUT2D eigenvalue weighted by Gasteiger charge is -2.10. The zero-order valence-corrected chi connectivity index (χ0v) is 20.5. The fraction of sp³-hybridized carbons (Fsp3) is 0.464. The lowest BCUT2D eigenvalue weighted by atomic mass is 10.0. The zero-order chi connectivity index (χ0) is 23.6. The molecule has 1 aliphatic heterocycles. The first-order valence-electron chi connectivity index (χ1n) is 12.3. The minimum atomic E-state index is -0.0408. The van der Waals surface area contributed by atoms with Gasteiger partial charge in [0.2, 0.25) is 0 Å². The van der Waals surface area contributed by atoms with Gasteiger partial charge in [-0.05, 0) is 62.1 Å². The first kappa shape index (κ1) is 24.8. The van der Waals surface area contributed by atoms with Crippen molar-refractivity contribution in [1.29, 1.82) is 0 Å². The summed E-state index contributed by atoms with van der Waals surface area (Å²) in [5.41, 5.74) is 8.11. The molecule has 0 fully saturated rings. The van der Waals surface area contributed by atoms with Gasteiger partial charge in [-0.3, -0.25) is 0 Å². The minimum Gasteiger partial charge on any atom is -0.499 e. The summed E-state index contributed by atoms with van der Waals surface area (Å²) < 4.78 is 5.87. The van der Waals surface area contributed by atoms with Crippen molar-refractivity contribution in [2.24, 2.45) is 4.99 Å². The van der Waals surface area contributed by atoms with Crippen LogP contribution >= 0.6 is 0 Å². The van der Waals surface area contributed by atoms with Crippen LogP contribution in [0.2, 0.25) is 0 Å². The molecule has 0 saturated heterocycles. The van der Waals surface area contributed by atoms with E-state index in [4.69, 9.17) is 9.73 Å². The van der Waals surface area contributed by atoms with E-state index in [2.05, 4.69) is 37.3 Å². The third-order valence-electron chi connectivity index (χ3n) is 6.30. The zero-order valence-electron chi connectivity index (χ0n) is 20.5. The van der Waals surface area contributed by atoms with Gasteiger partial charge in [0.15, 0.2) is 0 Å². The third kappa shape index (κ3) is 6.84. The molecule has 0 spiro atoms. The van der Waals surface area contributed by atoms with E-state index in [1.807, 2.05) is 30.5 Å². The Morgan fingerprint density at radius 3 is 2.70 bits per heavy atom. The van der Waals surface area contributed by atoms with Crippen LogP contribution in [0.1, 0.15) is 80.1 Å². The Labute approximate surface area is 198 Å². The molecule has 0 aliphatic carbocycles. The molecule has 0 atom stereocenters. The van der Waals surface area contributed by atoms with Crippen molar-refractivity contribution in [3.8, 4) is 0 Å². The van der Waals surface area contributed by atoms with Gasteiger partial charge in [-0.1, -0.05) is 45.6 Å². The monoisotopic (exact) mass is 449 g/mol. The van der Waals surface area contributed by atoms with Crippen molar-refractivity contribution >= 4 is 11.8 Å². The number of nitrogens with zero attached hydrogens (tertiary/aromatic N) is 1. The van der Waals surface area contributed by atoms with Crippen LogP contribution in [0.25, 0.3) is 6.08 Å². The van der Waals surface area contributed by atoms with E-state index < -0.39 is 0 Å². The highest BCUT2D eigenvalue weighted by Crippen LogP contribution is 2.27. The third-order valence-corrected chi connectivity index (χ3v) is 6.30. The van der Waals surface area contributed by atoms with Gasteiger partial charge in [0.25, 0.3) is 0 Å². The number of aliphatic hydroxyl groups is 1. The smallest absolute Gasteiger partial charge is 0.0891 e. The second kappa shape index (κ2) is 12.4. The maximum absolute atomic E-state index is 9.82. The van der Waals surface area contributed by atoms with Crippen LogP contribution in [-0.4, -0.2) is 34.0 Å². The number of hydrogen-bond donors (Lipinski definition) is 3. The number of hydrogen-bond acceptors (Lipinski definition) is 3. The van der Waals surface area contributed by atoms with Gasteiger partial charge in [-0.25, -0.2) is 4.99 Å². The molecule has 0 saturated carbocycles. The highest BCUT2D eigenvalue weighted by Gasteiger charge is 2.18. The topological polar surface area (TPSA) is 73.4 Å². The van der Waals surface area contributed by atoms with Crippen LogP contribution < -0.4 is 0 Å². The number of aromatic nitrogens is 2. The van der Waals surface area contributed by atoms with E-state index in [-0.39, 0.29) is 6.61 Å². The molecule has 5 heteroatoms. The Bertz CT molecular complexity index is 1010. The molecule has 2 aromatic rings. The molecule has 0 unspecified atom stereocenters. The fourth-order valence-corrected chi connectivity index (χ4v) is 4.26. The van der Waals surface area contributed by atoms with Crippen molar-refractivity contribution in [3.05, 3.63) is 76.2 Å². The number of aliphatic imine (C=N–C) groups is 1. The van der Waals surface area contributed by atoms with Crippen LogP contribution in [0.3, 0.4) is 0 Å². The van der Waals surface area contributed by atoms with Gasteiger partial charge >= 0.3 is 0 Å². The minimum absolute atomic E-state index is 0.0408. The molecular formula is C28H39N3O2. The Balaban J connectivity index is 1.57. The van der Waals surface area contributed by atoms with E-state index in [0.29, 0.717) is 0 Å². The van der Waals surface area contributed by atoms with Crippen molar-refractivity contribution < 1.29 is 9.84 Å². The van der Waals surface area contributed by atoms with Crippen LogP contribution in [0, 0.1) is 13.8 Å². The number of aryl methyl sites for hydroxylation is 1. The Morgan fingerprint density at radius 2 is 1.97 bits per heavy atom. The van der Waals surface area contributed by atoms with Gasteiger partial charge in [0, 0.05) is 29.6 Å². The number of ether oxygens (including phenoxy) is 1. The number of aliphatic hydroxyl groups excluding tert-OH is 1. The van der Waals surface area contributed by atoms with Gasteiger partial charge in [-0.15, -0.1) is 0 Å². The van der Waals surface area contributed by atoms with E-state index in [0.717, 1.165) is 65.7 Å². The molecular weight excluding hydrogens is 410 g/mol. The number of rotatable bonds is 14. The molecule has 3 N–H and O–H groups in total. The van der Waals surface area contributed by atoms with E-state index in [1.54, 1.807) is 0 Å². The molecule has 1 aliphatic rings. The quantitative estimate of drug-likeness (QED) is 0.226. The average molecular weight is 450 g/mol. The highest BCUT2D eigenvalue weighted by atomic mass is 16.5. The van der Waals surface area contributed by atoms with E-state index >= 15 is 0 Å². The average Bonchev–Trinajstić information content (AvgIpc) is 3.52. The van der Waals surface area contributed by atoms with Crippen molar-refractivity contribution in [2.45, 2.75) is 72.1 Å². The molecule has 0 radical (unpaired) electrons. The van der Waals surface area contributed by atoms with E-state index in [1.165, 1.54) is 43.2 Å². The lowest BCUT2D eigenvalue weighted by molar-refractivity contribution is 0.197. The summed E-state index contributed by atoms with van der Waals surface area (Å²) in [5, 5.41) is 9.82. The Kier molecular flexibility index (Phi) is 9.37. The number of aromatic amines is 2. The van der Waals surface area contributed by atoms with Gasteiger partial charge in [0.05, 0.1) is 36.1 Å². The summed E-state index contributed by atoms with van der Waals surface area (Å²) in [6.45, 7) is 11.3. The predicted molar refractivity (Wildman–Crippen MR) is 138 cm³/mol. The first-order chi connectivity index (χ1) is 16.0. The summed E-state index contributed by atoms with van der Waals surface area (Å²) in [4.78, 5) is 11.4. The summed E-state index contributed by atoms with van der Waals surface area (Å²) in [6.07, 6.45) is 15.2. The van der Waals surface area contributed by atoms with Gasteiger partial charge in [-0.2, -0.15) is 0 Å². The van der Waals surface area contributed by atoms with Crippen LogP contribution in [-0.2, 0) is 11.2 Å². The molecule has 2 aromatic heterocycles. The summed E-state index contributed by atoms with van der Waals surface area (Å²) in [7, 11) is 0. The summed E-state index contributed by atoms with van der Waals surface area (Å²) >= 11 is 0. The SMILES string of the molecule is C=C(CCc1c(C)[nH]c(/C=C2\N=C(c3ccc[nH]3)C=C2CO)c1C)OCCCCCCCC. The Hall–Kier alpha value is -2.79. The lowest BCUT2D eigenvalue weighted by Crippen LogP contribution is -1.98. The second-order valence-corrected chi connectivity index (χ2v) is 8.86. The van der Waals surface area contributed by atoms with Gasteiger partial charge in [0.1, 0.15) is 0 Å². The maximum atomic E-state index is 9.82. The predicted octanol–water partition coefficient (Wildman–Crippen LogP) is 6.55. The molecule has 0 aromatic carbocycles. The molecule has 0 bridgehead atoms. The highest BCUT2D eigenvalue weighted by molar-refractivity contribution is 6.11. The Morgan fingerprint density at radius 1 is 1.18 bits per heavy atom. The number of allylic oxidation sites excluding steroid dienone is 2. The largest absolute Gasteiger partial charge is 0.499 e. The van der Waals surface area contributed by atoms with Crippen LogP contribution in [0.5, 0.6) is 0 Å². The maximum Gasteiger partial charge on any atom is 0.0891 e. The number of unbranched alkanes of at least 4 members (excludes halogenated alkanes) is 5. The molecule has 3 heterocycles.